The molecular formula is C18H14F3N5. The first-order chi connectivity index (χ1) is 12.6. The second-order valence-corrected chi connectivity index (χ2v) is 6.40. The lowest BCUT2D eigenvalue weighted by Gasteiger charge is -2.26. The number of rotatable bonds is 2. The van der Waals surface area contributed by atoms with Crippen molar-refractivity contribution in [2.45, 2.75) is 26.1 Å². The molecule has 2 aliphatic rings. The third-order valence-electron chi connectivity index (χ3n) is 4.82. The zero-order valence-electron chi connectivity index (χ0n) is 13.7. The van der Waals surface area contributed by atoms with Gasteiger partial charge in [0.2, 0.25) is 0 Å². The summed E-state index contributed by atoms with van der Waals surface area (Å²) in [5.41, 5.74) is 1.98. The maximum atomic E-state index is 14.4. The van der Waals surface area contributed by atoms with Crippen LogP contribution in [-0.2, 0) is 19.6 Å². The van der Waals surface area contributed by atoms with E-state index in [-0.39, 0.29) is 5.56 Å². The number of aromatic nitrogens is 4. The van der Waals surface area contributed by atoms with Crippen molar-refractivity contribution in [1.82, 2.24) is 19.3 Å². The van der Waals surface area contributed by atoms with Crippen LogP contribution in [0.2, 0.25) is 0 Å². The Hall–Kier alpha value is -3.03. The summed E-state index contributed by atoms with van der Waals surface area (Å²) in [5.74, 6) is -2.30. The minimum absolute atomic E-state index is 0.0365. The minimum atomic E-state index is -1.21. The van der Waals surface area contributed by atoms with E-state index in [1.54, 1.807) is 6.20 Å². The molecule has 8 heteroatoms. The molecule has 132 valence electrons. The van der Waals surface area contributed by atoms with Crippen LogP contribution in [0.4, 0.5) is 18.9 Å². The van der Waals surface area contributed by atoms with E-state index in [2.05, 4.69) is 10.1 Å². The molecule has 0 bridgehead atoms. The molecule has 0 aliphatic carbocycles. The quantitative estimate of drug-likeness (QED) is 0.659. The summed E-state index contributed by atoms with van der Waals surface area (Å²) in [6.45, 7) is 1.21. The van der Waals surface area contributed by atoms with E-state index in [0.29, 0.717) is 18.4 Å². The van der Waals surface area contributed by atoms with Crippen molar-refractivity contribution in [2.75, 3.05) is 4.90 Å². The molecule has 2 aromatic heterocycles. The number of fused-ring (bicyclic) bond motifs is 2. The summed E-state index contributed by atoms with van der Waals surface area (Å²) in [6, 6.07) is 1.45. The lowest BCUT2D eigenvalue weighted by Crippen LogP contribution is -2.25. The van der Waals surface area contributed by atoms with Gasteiger partial charge < -0.3 is 9.47 Å². The Morgan fingerprint density at radius 3 is 2.77 bits per heavy atom. The molecule has 0 atom stereocenters. The molecule has 26 heavy (non-hydrogen) atoms. The summed E-state index contributed by atoms with van der Waals surface area (Å²) in [4.78, 5) is 6.18. The van der Waals surface area contributed by atoms with Gasteiger partial charge in [-0.2, -0.15) is 5.10 Å². The molecule has 0 saturated heterocycles. The molecule has 0 fully saturated rings. The van der Waals surface area contributed by atoms with E-state index in [9.17, 15) is 13.2 Å². The standard InChI is InChI=1S/C18H14F3N5/c19-12-9-14(21)13(20)8-11(12)17-18(15-2-1-5-26(15)23-17)25-6-3-16-22-4-7-24(16)10-25/h3-4,6-9H,1-2,5,10H2. The van der Waals surface area contributed by atoms with Crippen LogP contribution >= 0.6 is 0 Å². The van der Waals surface area contributed by atoms with Crippen molar-refractivity contribution >= 4 is 11.8 Å². The molecule has 2 aliphatic heterocycles. The Bertz CT molecular complexity index is 1050. The second kappa shape index (κ2) is 5.48. The summed E-state index contributed by atoms with van der Waals surface area (Å²) < 4.78 is 45.3. The maximum absolute atomic E-state index is 14.4. The Labute approximate surface area is 147 Å². The van der Waals surface area contributed by atoms with Crippen molar-refractivity contribution in [3.63, 3.8) is 0 Å². The van der Waals surface area contributed by atoms with Crippen LogP contribution in [0.1, 0.15) is 17.9 Å². The molecule has 5 rings (SSSR count). The van der Waals surface area contributed by atoms with Crippen molar-refractivity contribution in [1.29, 1.82) is 0 Å². The largest absolute Gasteiger partial charge is 0.326 e. The normalized spacial score (nSPS) is 15.4. The van der Waals surface area contributed by atoms with Gasteiger partial charge in [0.1, 0.15) is 24.0 Å². The summed E-state index contributed by atoms with van der Waals surface area (Å²) in [6.07, 6.45) is 9.03. The third kappa shape index (κ3) is 2.18. The van der Waals surface area contributed by atoms with Gasteiger partial charge in [0, 0.05) is 36.8 Å². The van der Waals surface area contributed by atoms with Gasteiger partial charge in [-0.1, -0.05) is 0 Å². The Balaban J connectivity index is 1.68. The average Bonchev–Trinajstić information content (AvgIpc) is 3.32. The van der Waals surface area contributed by atoms with Crippen LogP contribution in [0.3, 0.4) is 0 Å². The first-order valence-electron chi connectivity index (χ1n) is 8.32. The second-order valence-electron chi connectivity index (χ2n) is 6.40. The highest BCUT2D eigenvalue weighted by atomic mass is 19.2. The van der Waals surface area contributed by atoms with Crippen molar-refractivity contribution in [2.24, 2.45) is 0 Å². The molecular weight excluding hydrogens is 343 g/mol. The number of nitrogens with zero attached hydrogens (tertiary/aromatic N) is 5. The smallest absolute Gasteiger partial charge is 0.161 e. The van der Waals surface area contributed by atoms with Crippen LogP contribution in [-0.4, -0.2) is 19.3 Å². The number of imidazole rings is 1. The summed E-state index contributed by atoms with van der Waals surface area (Å²) in [7, 11) is 0. The average molecular weight is 357 g/mol. The minimum Gasteiger partial charge on any atom is -0.326 e. The molecule has 1 aromatic carbocycles. The van der Waals surface area contributed by atoms with Crippen LogP contribution in [0.15, 0.2) is 30.7 Å². The summed E-state index contributed by atoms with van der Waals surface area (Å²) in [5, 5.41) is 4.50. The fourth-order valence-corrected chi connectivity index (χ4v) is 3.62. The van der Waals surface area contributed by atoms with E-state index in [4.69, 9.17) is 0 Å². The zero-order valence-corrected chi connectivity index (χ0v) is 13.7. The van der Waals surface area contributed by atoms with E-state index < -0.39 is 17.5 Å². The van der Waals surface area contributed by atoms with Gasteiger partial charge in [-0.3, -0.25) is 4.68 Å². The van der Waals surface area contributed by atoms with E-state index in [1.807, 2.05) is 32.6 Å². The number of halogens is 3. The Morgan fingerprint density at radius 1 is 1.04 bits per heavy atom. The van der Waals surface area contributed by atoms with Gasteiger partial charge in [-0.15, -0.1) is 0 Å². The molecule has 0 unspecified atom stereocenters. The molecule has 0 spiro atoms. The van der Waals surface area contributed by atoms with Crippen LogP contribution in [0, 0.1) is 17.5 Å². The van der Waals surface area contributed by atoms with Crippen molar-refractivity contribution in [3.05, 3.63) is 59.7 Å². The number of anilines is 1. The SMILES string of the molecule is Fc1cc(F)c(-c2nn3c(c2N2C=Cc4nccn4C2)CCC3)cc1F. The number of benzene rings is 1. The topological polar surface area (TPSA) is 38.9 Å². The Kier molecular flexibility index (Phi) is 3.22. The molecule has 5 nitrogen and oxygen atoms in total. The monoisotopic (exact) mass is 357 g/mol. The van der Waals surface area contributed by atoms with Gasteiger partial charge in [0.05, 0.1) is 11.4 Å². The van der Waals surface area contributed by atoms with Gasteiger partial charge in [-0.25, -0.2) is 18.2 Å². The number of hydrogen-bond acceptors (Lipinski definition) is 3. The first kappa shape index (κ1) is 15.2. The molecule has 0 amide bonds. The van der Waals surface area contributed by atoms with Crippen LogP contribution in [0.25, 0.3) is 17.3 Å². The molecule has 0 radical (unpaired) electrons. The molecule has 0 saturated carbocycles. The number of hydrogen-bond donors (Lipinski definition) is 0. The Morgan fingerprint density at radius 2 is 1.88 bits per heavy atom. The molecule has 4 heterocycles. The summed E-state index contributed by atoms with van der Waals surface area (Å²) >= 11 is 0. The highest BCUT2D eigenvalue weighted by Gasteiger charge is 2.29. The maximum Gasteiger partial charge on any atom is 0.161 e. The fraction of sp³-hybridized carbons (Fsp3) is 0.222. The van der Waals surface area contributed by atoms with Crippen LogP contribution in [0.5, 0.6) is 0 Å². The van der Waals surface area contributed by atoms with E-state index >= 15 is 0 Å². The predicted octanol–water partition coefficient (Wildman–Crippen LogP) is 3.56. The molecule has 3 aromatic rings. The highest BCUT2D eigenvalue weighted by Crippen LogP contribution is 2.39. The third-order valence-corrected chi connectivity index (χ3v) is 4.82. The molecule has 0 N–H and O–H groups in total. The van der Waals surface area contributed by atoms with Gasteiger partial charge in [0.15, 0.2) is 11.6 Å². The van der Waals surface area contributed by atoms with E-state index in [1.165, 1.54) is 0 Å². The van der Waals surface area contributed by atoms with Gasteiger partial charge in [0.25, 0.3) is 0 Å². The van der Waals surface area contributed by atoms with Gasteiger partial charge >= 0.3 is 0 Å². The lowest BCUT2D eigenvalue weighted by atomic mass is 10.1. The predicted molar refractivity (Wildman–Crippen MR) is 89.6 cm³/mol. The first-order valence-corrected chi connectivity index (χ1v) is 8.32. The zero-order chi connectivity index (χ0) is 17.8. The van der Waals surface area contributed by atoms with E-state index in [0.717, 1.165) is 42.7 Å². The fourth-order valence-electron chi connectivity index (χ4n) is 3.62. The van der Waals surface area contributed by atoms with Crippen LogP contribution < -0.4 is 4.90 Å². The van der Waals surface area contributed by atoms with Crippen molar-refractivity contribution < 1.29 is 13.2 Å². The number of aryl methyl sites for hydroxylation is 1. The lowest BCUT2D eigenvalue weighted by molar-refractivity contribution is 0.496. The van der Waals surface area contributed by atoms with Crippen molar-refractivity contribution in [3.8, 4) is 11.3 Å². The highest BCUT2D eigenvalue weighted by molar-refractivity contribution is 5.79. The van der Waals surface area contributed by atoms with Gasteiger partial charge in [-0.05, 0) is 25.0 Å².